The lowest BCUT2D eigenvalue weighted by Crippen LogP contribution is -3.15. The summed E-state index contributed by atoms with van der Waals surface area (Å²) < 4.78 is 40.5. The van der Waals surface area contributed by atoms with Gasteiger partial charge in [0.05, 0.1) is 13.1 Å². The van der Waals surface area contributed by atoms with Crippen LogP contribution in [0.5, 0.6) is 0 Å². The predicted octanol–water partition coefficient (Wildman–Crippen LogP) is 0.219. The van der Waals surface area contributed by atoms with Crippen LogP contribution in [-0.4, -0.2) is 69.3 Å². The Balaban J connectivity index is 1.57. The Hall–Kier alpha value is -1.51. The van der Waals surface area contributed by atoms with E-state index in [1.807, 2.05) is 0 Å². The van der Waals surface area contributed by atoms with E-state index in [0.29, 0.717) is 31.5 Å². The summed E-state index contributed by atoms with van der Waals surface area (Å²) in [5.41, 5.74) is 0. The van der Waals surface area contributed by atoms with Crippen LogP contribution < -0.4 is 4.90 Å². The third kappa shape index (κ3) is 4.67. The monoisotopic (exact) mass is 398 g/mol. The molecule has 1 N–H and O–H groups in total. The first-order valence-electron chi connectivity index (χ1n) is 9.63. The van der Waals surface area contributed by atoms with Gasteiger partial charge in [0.1, 0.15) is 10.7 Å². The molecule has 150 valence electrons. The lowest BCUT2D eigenvalue weighted by Gasteiger charge is -2.36. The summed E-state index contributed by atoms with van der Waals surface area (Å²) in [5.74, 6) is 0.584. The molecule has 1 unspecified atom stereocenters. The molecule has 2 saturated heterocycles. The van der Waals surface area contributed by atoms with Crippen molar-refractivity contribution in [1.29, 1.82) is 0 Å². The number of hydrogen-bond acceptors (Lipinski definition) is 3. The Morgan fingerprint density at radius 1 is 1.11 bits per heavy atom. The van der Waals surface area contributed by atoms with Crippen molar-refractivity contribution in [2.24, 2.45) is 11.8 Å². The molecule has 0 aromatic heterocycles. The van der Waals surface area contributed by atoms with Gasteiger partial charge in [-0.25, -0.2) is 12.8 Å². The van der Waals surface area contributed by atoms with E-state index in [2.05, 4.69) is 13.8 Å². The van der Waals surface area contributed by atoms with Crippen LogP contribution in [0.4, 0.5) is 4.39 Å². The third-order valence-electron chi connectivity index (χ3n) is 5.53. The van der Waals surface area contributed by atoms with E-state index < -0.39 is 15.8 Å². The Bertz CT molecular complexity index is 768. The van der Waals surface area contributed by atoms with E-state index in [9.17, 15) is 17.6 Å². The molecular formula is C19H29FN3O3S+. The molecule has 0 spiro atoms. The van der Waals surface area contributed by atoms with Crippen molar-refractivity contribution in [2.45, 2.75) is 25.2 Å². The molecule has 1 amide bonds. The maximum absolute atomic E-state index is 13.9. The Morgan fingerprint density at radius 3 is 2.30 bits per heavy atom. The molecule has 2 heterocycles. The van der Waals surface area contributed by atoms with Crippen LogP contribution in [0.25, 0.3) is 0 Å². The molecule has 0 radical (unpaired) electrons. The summed E-state index contributed by atoms with van der Waals surface area (Å²) in [4.78, 5) is 15.4. The molecule has 0 saturated carbocycles. The van der Waals surface area contributed by atoms with E-state index in [-0.39, 0.29) is 23.9 Å². The molecule has 27 heavy (non-hydrogen) atoms. The number of sulfonamides is 1. The first-order chi connectivity index (χ1) is 12.8. The number of piperazine rings is 1. The van der Waals surface area contributed by atoms with E-state index in [1.165, 1.54) is 33.8 Å². The molecule has 1 aromatic rings. The lowest BCUT2D eigenvalue weighted by atomic mass is 9.92. The fourth-order valence-corrected chi connectivity index (χ4v) is 5.85. The summed E-state index contributed by atoms with van der Waals surface area (Å²) >= 11 is 0. The van der Waals surface area contributed by atoms with Gasteiger partial charge in [0, 0.05) is 38.0 Å². The van der Waals surface area contributed by atoms with Crippen LogP contribution in [0.3, 0.4) is 0 Å². The zero-order valence-electron chi connectivity index (χ0n) is 16.0. The molecule has 2 aliphatic rings. The average molecular weight is 399 g/mol. The minimum absolute atomic E-state index is 0.0780. The van der Waals surface area contributed by atoms with Crippen molar-refractivity contribution in [1.82, 2.24) is 9.21 Å². The zero-order chi connectivity index (χ0) is 19.6. The number of likely N-dealkylation sites (tertiary alicyclic amines) is 1. The number of quaternary nitrogens is 1. The molecular weight excluding hydrogens is 369 g/mol. The summed E-state index contributed by atoms with van der Waals surface area (Å²) in [7, 11) is -3.87. The smallest absolute Gasteiger partial charge is 0.277 e. The first kappa shape index (κ1) is 20.2. The Kier molecular flexibility index (Phi) is 6.18. The lowest BCUT2D eigenvalue weighted by molar-refractivity contribution is -0.904. The van der Waals surface area contributed by atoms with Gasteiger partial charge >= 0.3 is 0 Å². The van der Waals surface area contributed by atoms with Crippen LogP contribution in [-0.2, 0) is 14.8 Å². The summed E-state index contributed by atoms with van der Waals surface area (Å²) in [5, 5.41) is 0. The number of rotatable bonds is 4. The number of nitrogens with zero attached hydrogens (tertiary/aromatic N) is 2. The number of carbonyl (C=O) groups is 1. The van der Waals surface area contributed by atoms with Crippen LogP contribution >= 0.6 is 0 Å². The number of amides is 1. The molecule has 8 heteroatoms. The summed E-state index contributed by atoms with van der Waals surface area (Å²) in [6.45, 7) is 8.05. The maximum atomic E-state index is 13.9. The van der Waals surface area contributed by atoms with Crippen molar-refractivity contribution in [2.75, 3.05) is 45.8 Å². The van der Waals surface area contributed by atoms with Gasteiger partial charge in [-0.2, -0.15) is 4.31 Å². The number of carbonyl (C=O) groups excluding carboxylic acids is 1. The van der Waals surface area contributed by atoms with Gasteiger partial charge in [0.2, 0.25) is 10.0 Å². The highest BCUT2D eigenvalue weighted by Crippen LogP contribution is 2.20. The highest BCUT2D eigenvalue weighted by atomic mass is 32.2. The number of halogens is 1. The standard InChI is InChI=1S/C19H28FN3O3S/c1-15-11-16(2)13-21(12-15)14-19(24)22-7-9-23(10-8-22)27(25,26)18-6-4-3-5-17(18)20/h3-6,15-16H,7-14H2,1-2H3/p+1/t15-,16+. The predicted molar refractivity (Wildman–Crippen MR) is 100 cm³/mol. The average Bonchev–Trinajstić information content (AvgIpc) is 2.61. The van der Waals surface area contributed by atoms with Gasteiger partial charge in [-0.05, 0) is 18.6 Å². The van der Waals surface area contributed by atoms with Crippen molar-refractivity contribution in [3.05, 3.63) is 30.1 Å². The quantitative estimate of drug-likeness (QED) is 0.789. The number of piperidine rings is 1. The summed E-state index contributed by atoms with van der Waals surface area (Å²) in [6, 6.07) is 5.41. The van der Waals surface area contributed by atoms with E-state index in [1.54, 1.807) is 4.90 Å². The normalized spacial score (nSPS) is 27.5. The zero-order valence-corrected chi connectivity index (χ0v) is 16.8. The van der Waals surface area contributed by atoms with Crippen LogP contribution in [0.15, 0.2) is 29.2 Å². The van der Waals surface area contributed by atoms with Gasteiger partial charge < -0.3 is 9.80 Å². The van der Waals surface area contributed by atoms with Crippen molar-refractivity contribution in [3.8, 4) is 0 Å². The highest BCUT2D eigenvalue weighted by Gasteiger charge is 2.33. The molecule has 2 aliphatic heterocycles. The number of nitrogens with one attached hydrogen (secondary N) is 1. The minimum atomic E-state index is -3.87. The molecule has 3 rings (SSSR count). The molecule has 0 bridgehead atoms. The van der Waals surface area contributed by atoms with Gasteiger partial charge in [-0.15, -0.1) is 0 Å². The second-order valence-corrected chi connectivity index (χ2v) is 9.90. The second kappa shape index (κ2) is 8.24. The topological polar surface area (TPSA) is 62.1 Å². The maximum Gasteiger partial charge on any atom is 0.277 e. The summed E-state index contributed by atoms with van der Waals surface area (Å²) in [6.07, 6.45) is 1.21. The van der Waals surface area contributed by atoms with Crippen molar-refractivity contribution < 1.29 is 22.5 Å². The Morgan fingerprint density at radius 2 is 1.70 bits per heavy atom. The SMILES string of the molecule is C[C@@H]1C[C@H](C)C[NH+](CC(=O)N2CCN(S(=O)(=O)c3ccccc3F)CC2)C1. The molecule has 2 fully saturated rings. The third-order valence-corrected chi connectivity index (χ3v) is 7.46. The van der Waals surface area contributed by atoms with Crippen molar-refractivity contribution >= 4 is 15.9 Å². The van der Waals surface area contributed by atoms with Gasteiger partial charge in [0.15, 0.2) is 6.54 Å². The number of hydrogen-bond donors (Lipinski definition) is 1. The molecule has 1 aromatic carbocycles. The van der Waals surface area contributed by atoms with Crippen LogP contribution in [0.2, 0.25) is 0 Å². The molecule has 6 nitrogen and oxygen atoms in total. The first-order valence-corrected chi connectivity index (χ1v) is 11.1. The fraction of sp³-hybridized carbons (Fsp3) is 0.632. The van der Waals surface area contributed by atoms with E-state index >= 15 is 0 Å². The Labute approximate surface area is 161 Å². The van der Waals surface area contributed by atoms with Gasteiger partial charge in [-0.3, -0.25) is 4.79 Å². The fourth-order valence-electron chi connectivity index (χ4n) is 4.36. The van der Waals surface area contributed by atoms with Crippen LogP contribution in [0, 0.1) is 17.7 Å². The molecule has 3 atom stereocenters. The largest absolute Gasteiger partial charge is 0.335 e. The van der Waals surface area contributed by atoms with Gasteiger partial charge in [0.25, 0.3) is 5.91 Å². The number of benzene rings is 1. The minimum Gasteiger partial charge on any atom is -0.335 e. The van der Waals surface area contributed by atoms with E-state index in [0.717, 1.165) is 19.2 Å². The molecule has 0 aliphatic carbocycles. The van der Waals surface area contributed by atoms with Gasteiger partial charge in [-0.1, -0.05) is 26.0 Å². The van der Waals surface area contributed by atoms with Crippen molar-refractivity contribution in [3.63, 3.8) is 0 Å². The highest BCUT2D eigenvalue weighted by molar-refractivity contribution is 7.89. The van der Waals surface area contributed by atoms with Crippen LogP contribution in [0.1, 0.15) is 20.3 Å². The second-order valence-electron chi connectivity index (χ2n) is 8.00. The van der Waals surface area contributed by atoms with E-state index in [4.69, 9.17) is 0 Å².